The van der Waals surface area contributed by atoms with Crippen LogP contribution in [0.2, 0.25) is 0 Å². The van der Waals surface area contributed by atoms with E-state index in [4.69, 9.17) is 4.74 Å². The molecule has 1 heterocycles. The Kier molecular flexibility index (Phi) is 9.40. The van der Waals surface area contributed by atoms with Crippen molar-refractivity contribution in [1.82, 2.24) is 14.5 Å². The zero-order chi connectivity index (χ0) is 28.1. The van der Waals surface area contributed by atoms with Gasteiger partial charge in [0.25, 0.3) is 10.0 Å². The van der Waals surface area contributed by atoms with Gasteiger partial charge in [0.05, 0.1) is 4.90 Å². The average Bonchev–Trinajstić information content (AvgIpc) is 2.86. The van der Waals surface area contributed by atoms with Crippen LogP contribution < -0.4 is 4.72 Å². The molecule has 2 aromatic carbocycles. The summed E-state index contributed by atoms with van der Waals surface area (Å²) in [6.07, 6.45) is 1.00. The standard InChI is InChI=1S/C28H39N3O6S/c1-6-30(7-2)26(33)24(18-20-14-16-31(17-15-20)27(34)37-28(3,4)5)25(32)29-38(35,36)23-13-12-21-10-8-9-11-22(21)19-23/h8-13,19-20,24H,6-7,14-18H2,1-5H3,(H,29,32). The van der Waals surface area contributed by atoms with E-state index in [1.807, 2.05) is 52.8 Å². The van der Waals surface area contributed by atoms with Crippen LogP contribution in [0.3, 0.4) is 0 Å². The van der Waals surface area contributed by atoms with Crippen molar-refractivity contribution in [2.24, 2.45) is 11.8 Å². The highest BCUT2D eigenvalue weighted by Crippen LogP contribution is 2.27. The van der Waals surface area contributed by atoms with Gasteiger partial charge in [-0.25, -0.2) is 17.9 Å². The number of hydrogen-bond donors (Lipinski definition) is 1. The Balaban J connectivity index is 1.75. The third kappa shape index (κ3) is 7.46. The van der Waals surface area contributed by atoms with Crippen molar-refractivity contribution in [3.8, 4) is 0 Å². The minimum atomic E-state index is -4.19. The molecule has 1 atom stereocenters. The number of rotatable bonds is 8. The Hall–Kier alpha value is -3.14. The van der Waals surface area contributed by atoms with E-state index in [0.29, 0.717) is 39.0 Å². The van der Waals surface area contributed by atoms with Crippen molar-refractivity contribution >= 4 is 38.7 Å². The molecule has 0 aromatic heterocycles. The Morgan fingerprint density at radius 2 is 1.63 bits per heavy atom. The molecule has 0 aliphatic carbocycles. The van der Waals surface area contributed by atoms with E-state index in [1.54, 1.807) is 21.9 Å². The van der Waals surface area contributed by atoms with Gasteiger partial charge in [0.15, 0.2) is 0 Å². The first-order valence-electron chi connectivity index (χ1n) is 13.2. The zero-order valence-electron chi connectivity index (χ0n) is 22.9. The highest BCUT2D eigenvalue weighted by Gasteiger charge is 2.36. The third-order valence-corrected chi connectivity index (χ3v) is 8.14. The van der Waals surface area contributed by atoms with E-state index < -0.39 is 33.4 Å². The number of piperidine rings is 1. The molecule has 9 nitrogen and oxygen atoms in total. The van der Waals surface area contributed by atoms with Crippen molar-refractivity contribution in [3.63, 3.8) is 0 Å². The molecule has 1 N–H and O–H groups in total. The lowest BCUT2D eigenvalue weighted by Gasteiger charge is -2.35. The number of amides is 3. The number of benzene rings is 2. The average molecular weight is 546 g/mol. The van der Waals surface area contributed by atoms with E-state index in [9.17, 15) is 22.8 Å². The minimum Gasteiger partial charge on any atom is -0.444 e. The molecule has 208 valence electrons. The van der Waals surface area contributed by atoms with Crippen LogP contribution in [0, 0.1) is 11.8 Å². The summed E-state index contributed by atoms with van der Waals surface area (Å²) >= 11 is 0. The number of ether oxygens (including phenoxy) is 1. The lowest BCUT2D eigenvalue weighted by Crippen LogP contribution is -2.47. The first-order chi connectivity index (χ1) is 17.8. The number of nitrogens with one attached hydrogen (secondary N) is 1. The van der Waals surface area contributed by atoms with Gasteiger partial charge in [-0.3, -0.25) is 9.59 Å². The molecular formula is C28H39N3O6S. The van der Waals surface area contributed by atoms with Crippen molar-refractivity contribution in [2.45, 2.75) is 64.4 Å². The number of carbonyl (C=O) groups excluding carboxylic acids is 3. The SMILES string of the molecule is CCN(CC)C(=O)C(CC1CCN(C(=O)OC(C)(C)C)CC1)C(=O)NS(=O)(=O)c1ccc2ccccc2c1. The quantitative estimate of drug-likeness (QED) is 0.498. The van der Waals surface area contributed by atoms with Crippen LogP contribution >= 0.6 is 0 Å². The van der Waals surface area contributed by atoms with Crippen molar-refractivity contribution in [3.05, 3.63) is 42.5 Å². The van der Waals surface area contributed by atoms with Crippen molar-refractivity contribution in [1.29, 1.82) is 0 Å². The van der Waals surface area contributed by atoms with Crippen LogP contribution in [-0.4, -0.2) is 67.9 Å². The van der Waals surface area contributed by atoms with Gasteiger partial charge in [-0.2, -0.15) is 0 Å². The molecule has 2 aromatic rings. The van der Waals surface area contributed by atoms with Crippen LogP contribution in [0.15, 0.2) is 47.4 Å². The maximum atomic E-state index is 13.4. The first-order valence-corrected chi connectivity index (χ1v) is 14.6. The highest BCUT2D eigenvalue weighted by molar-refractivity contribution is 7.90. The van der Waals surface area contributed by atoms with E-state index in [1.165, 1.54) is 12.1 Å². The summed E-state index contributed by atoms with van der Waals surface area (Å²) < 4.78 is 33.9. The Morgan fingerprint density at radius 1 is 1.03 bits per heavy atom. The smallest absolute Gasteiger partial charge is 0.410 e. The molecule has 0 spiro atoms. The molecular weight excluding hydrogens is 506 g/mol. The van der Waals surface area contributed by atoms with E-state index in [2.05, 4.69) is 4.72 Å². The predicted molar refractivity (Wildman–Crippen MR) is 146 cm³/mol. The molecule has 3 amide bonds. The van der Waals surface area contributed by atoms with Crippen LogP contribution in [0.1, 0.15) is 53.9 Å². The lowest BCUT2D eigenvalue weighted by molar-refractivity contribution is -0.142. The molecule has 38 heavy (non-hydrogen) atoms. The second kappa shape index (κ2) is 12.1. The molecule has 1 aliphatic rings. The second-order valence-corrected chi connectivity index (χ2v) is 12.4. The van der Waals surface area contributed by atoms with Gasteiger partial charge in [-0.15, -0.1) is 0 Å². The van der Waals surface area contributed by atoms with Gasteiger partial charge in [0.1, 0.15) is 11.5 Å². The Bertz CT molecular complexity index is 1260. The topological polar surface area (TPSA) is 113 Å². The van der Waals surface area contributed by atoms with Gasteiger partial charge >= 0.3 is 6.09 Å². The molecule has 1 aliphatic heterocycles. The lowest BCUT2D eigenvalue weighted by atomic mass is 9.86. The second-order valence-electron chi connectivity index (χ2n) is 10.7. The third-order valence-electron chi connectivity index (χ3n) is 6.79. The maximum absolute atomic E-state index is 13.4. The fourth-order valence-corrected chi connectivity index (χ4v) is 5.74. The number of nitrogens with zero attached hydrogens (tertiary/aromatic N) is 2. The number of likely N-dealkylation sites (tertiary alicyclic amines) is 1. The van der Waals surface area contributed by atoms with Crippen LogP contribution in [-0.2, 0) is 24.3 Å². The van der Waals surface area contributed by atoms with E-state index in [-0.39, 0.29) is 23.3 Å². The Morgan fingerprint density at radius 3 is 2.21 bits per heavy atom. The molecule has 1 fully saturated rings. The maximum Gasteiger partial charge on any atom is 0.410 e. The number of carbonyl (C=O) groups is 3. The molecule has 1 saturated heterocycles. The molecule has 10 heteroatoms. The van der Waals surface area contributed by atoms with Gasteiger partial charge in [-0.05, 0) is 82.7 Å². The summed E-state index contributed by atoms with van der Waals surface area (Å²) in [5.41, 5.74) is -0.593. The molecule has 0 saturated carbocycles. The normalized spacial score (nSPS) is 15.7. The summed E-state index contributed by atoms with van der Waals surface area (Å²) in [6.45, 7) is 10.8. The molecule has 3 rings (SSSR count). The van der Waals surface area contributed by atoms with Gasteiger partial charge in [0, 0.05) is 26.2 Å². The fraction of sp³-hybridized carbons (Fsp3) is 0.536. The van der Waals surface area contributed by atoms with Crippen molar-refractivity contribution in [2.75, 3.05) is 26.2 Å². The summed E-state index contributed by atoms with van der Waals surface area (Å²) in [6, 6.07) is 12.0. The largest absolute Gasteiger partial charge is 0.444 e. The first kappa shape index (κ1) is 29.4. The van der Waals surface area contributed by atoms with E-state index in [0.717, 1.165) is 10.8 Å². The highest BCUT2D eigenvalue weighted by atomic mass is 32.2. The summed E-state index contributed by atoms with van der Waals surface area (Å²) in [5.74, 6) is -2.39. The van der Waals surface area contributed by atoms with Gasteiger partial charge < -0.3 is 14.5 Å². The number of hydrogen-bond acceptors (Lipinski definition) is 6. The monoisotopic (exact) mass is 545 g/mol. The number of fused-ring (bicyclic) bond motifs is 1. The van der Waals surface area contributed by atoms with Gasteiger partial charge in [-0.1, -0.05) is 30.3 Å². The molecule has 1 unspecified atom stereocenters. The summed E-state index contributed by atoms with van der Waals surface area (Å²) in [5, 5.41) is 1.61. The van der Waals surface area contributed by atoms with Crippen LogP contribution in [0.25, 0.3) is 10.8 Å². The van der Waals surface area contributed by atoms with Gasteiger partial charge in [0.2, 0.25) is 11.8 Å². The molecule has 0 radical (unpaired) electrons. The zero-order valence-corrected chi connectivity index (χ0v) is 23.7. The van der Waals surface area contributed by atoms with E-state index >= 15 is 0 Å². The summed E-state index contributed by atoms with van der Waals surface area (Å²) in [7, 11) is -4.19. The van der Waals surface area contributed by atoms with Crippen molar-refractivity contribution < 1.29 is 27.5 Å². The summed E-state index contributed by atoms with van der Waals surface area (Å²) in [4.78, 5) is 42.2. The van der Waals surface area contributed by atoms with Crippen LogP contribution in [0.4, 0.5) is 4.79 Å². The fourth-order valence-electron chi connectivity index (χ4n) is 4.68. The number of sulfonamides is 1. The van der Waals surface area contributed by atoms with Crippen LogP contribution in [0.5, 0.6) is 0 Å². The minimum absolute atomic E-state index is 0.0210. The predicted octanol–water partition coefficient (Wildman–Crippen LogP) is 4.17. The Labute approximate surface area is 225 Å². The molecule has 0 bridgehead atoms.